The Morgan fingerprint density at radius 3 is 1.45 bits per heavy atom. The van der Waals surface area contributed by atoms with Gasteiger partial charge in [-0.15, -0.1) is 0 Å². The minimum Gasteiger partial charge on any atom is -0.293 e. The predicted octanol–water partition coefficient (Wildman–Crippen LogP) is 11.9. The van der Waals surface area contributed by atoms with Crippen LogP contribution in [0.3, 0.4) is 0 Å². The third kappa shape index (κ3) is 4.92. The predicted molar refractivity (Wildman–Crippen MR) is 204 cm³/mol. The molecule has 9 aromatic rings. The number of hydrogen-bond acceptors (Lipinski definition) is 2. The van der Waals surface area contributed by atoms with Crippen molar-refractivity contribution in [3.63, 3.8) is 0 Å². The number of aromatic nitrogens is 3. The summed E-state index contributed by atoms with van der Waals surface area (Å²) in [5, 5.41) is 2.39. The van der Waals surface area contributed by atoms with E-state index in [0.29, 0.717) is 0 Å². The molecule has 0 amide bonds. The Kier molecular flexibility index (Phi) is 7.14. The second-order valence-electron chi connectivity index (χ2n) is 12.2. The van der Waals surface area contributed by atoms with Crippen LogP contribution in [-0.4, -0.2) is 14.5 Å². The molecule has 3 heterocycles. The summed E-state index contributed by atoms with van der Waals surface area (Å²) in [5.41, 5.74) is 13.6. The van der Waals surface area contributed by atoms with E-state index in [4.69, 9.17) is 4.98 Å². The summed E-state index contributed by atoms with van der Waals surface area (Å²) in [7, 11) is 0. The molecule has 0 fully saturated rings. The van der Waals surface area contributed by atoms with Gasteiger partial charge in [-0.05, 0) is 58.1 Å². The van der Waals surface area contributed by atoms with Gasteiger partial charge in [-0.1, -0.05) is 146 Å². The lowest BCUT2D eigenvalue weighted by atomic mass is 9.80. The van der Waals surface area contributed by atoms with Gasteiger partial charge in [0.05, 0.1) is 16.7 Å². The van der Waals surface area contributed by atoms with Crippen molar-refractivity contribution in [3.8, 4) is 61.6 Å². The summed E-state index contributed by atoms with van der Waals surface area (Å²) >= 11 is 0. The first kappa shape index (κ1) is 28.6. The standard InChI is InChI=1S/C46H31N3/c1-5-16-33(17-6-1)41-42(34-18-7-2-8-19-34)44(36-22-11-4-12-23-36)46-45(43(41)35-20-9-3-10-21-35)37-24-13-14-26-39(37)49(46)40-27-15-25-38(48-40)32-28-30-47-31-29-32/h1-31H. The smallest absolute Gasteiger partial charge is 0.138 e. The van der Waals surface area contributed by atoms with Crippen molar-refractivity contribution < 1.29 is 0 Å². The van der Waals surface area contributed by atoms with Crippen LogP contribution in [-0.2, 0) is 0 Å². The van der Waals surface area contributed by atoms with Crippen molar-refractivity contribution in [2.45, 2.75) is 0 Å². The van der Waals surface area contributed by atoms with Gasteiger partial charge >= 0.3 is 0 Å². The van der Waals surface area contributed by atoms with Crippen LogP contribution in [0.5, 0.6) is 0 Å². The second kappa shape index (κ2) is 12.2. The molecule has 0 bridgehead atoms. The van der Waals surface area contributed by atoms with E-state index in [0.717, 1.165) is 39.2 Å². The van der Waals surface area contributed by atoms with E-state index in [2.05, 4.69) is 173 Å². The Morgan fingerprint density at radius 2 is 0.857 bits per heavy atom. The fourth-order valence-electron chi connectivity index (χ4n) is 7.26. The number of benzene rings is 6. The van der Waals surface area contributed by atoms with Crippen molar-refractivity contribution in [2.24, 2.45) is 0 Å². The van der Waals surface area contributed by atoms with Crippen LogP contribution in [0.2, 0.25) is 0 Å². The molecule has 3 aromatic heterocycles. The zero-order valence-corrected chi connectivity index (χ0v) is 26.7. The minimum atomic E-state index is 0.864. The molecule has 230 valence electrons. The van der Waals surface area contributed by atoms with Gasteiger partial charge in [-0.25, -0.2) is 4.98 Å². The zero-order valence-electron chi connectivity index (χ0n) is 26.7. The van der Waals surface area contributed by atoms with E-state index in [1.165, 1.54) is 44.2 Å². The molecule has 0 radical (unpaired) electrons. The molecule has 3 nitrogen and oxygen atoms in total. The minimum absolute atomic E-state index is 0.864. The average molecular weight is 626 g/mol. The number of fused-ring (bicyclic) bond motifs is 3. The van der Waals surface area contributed by atoms with Gasteiger partial charge in [0.1, 0.15) is 5.82 Å². The summed E-state index contributed by atoms with van der Waals surface area (Å²) in [4.78, 5) is 9.59. The topological polar surface area (TPSA) is 30.7 Å². The Labute approximate surface area is 285 Å². The van der Waals surface area contributed by atoms with E-state index in [9.17, 15) is 0 Å². The van der Waals surface area contributed by atoms with Gasteiger partial charge in [0.25, 0.3) is 0 Å². The van der Waals surface area contributed by atoms with Gasteiger partial charge in [-0.2, -0.15) is 0 Å². The summed E-state index contributed by atoms with van der Waals surface area (Å²) in [6, 6.07) is 62.5. The van der Waals surface area contributed by atoms with Crippen molar-refractivity contribution >= 4 is 21.8 Å². The Balaban J connectivity index is 1.57. The quantitative estimate of drug-likeness (QED) is 0.184. The second-order valence-corrected chi connectivity index (χ2v) is 12.2. The number of pyridine rings is 2. The van der Waals surface area contributed by atoms with E-state index in [1.807, 2.05) is 24.5 Å². The van der Waals surface area contributed by atoms with Crippen LogP contribution in [0.25, 0.3) is 83.4 Å². The molecule has 0 aliphatic rings. The normalized spacial score (nSPS) is 11.3. The lowest BCUT2D eigenvalue weighted by Gasteiger charge is -2.24. The SMILES string of the molecule is c1ccc(-c2c(-c3ccccc3)c(-c3ccccc3)c3c(c2-c2ccccc2)c2ccccc2n3-c2cccc(-c3ccncc3)n2)cc1. The van der Waals surface area contributed by atoms with E-state index < -0.39 is 0 Å². The highest BCUT2D eigenvalue weighted by Crippen LogP contribution is 2.53. The highest BCUT2D eigenvalue weighted by molar-refractivity contribution is 6.26. The maximum atomic E-state index is 5.34. The highest BCUT2D eigenvalue weighted by Gasteiger charge is 2.29. The monoisotopic (exact) mass is 625 g/mol. The molecular weight excluding hydrogens is 595 g/mol. The third-order valence-electron chi connectivity index (χ3n) is 9.30. The maximum absolute atomic E-state index is 5.34. The molecule has 0 saturated heterocycles. The van der Waals surface area contributed by atoms with Crippen molar-refractivity contribution in [2.75, 3.05) is 0 Å². The summed E-state index contributed by atoms with van der Waals surface area (Å²) < 4.78 is 2.38. The third-order valence-corrected chi connectivity index (χ3v) is 9.30. The number of nitrogens with zero attached hydrogens (tertiary/aromatic N) is 3. The molecule has 0 atom stereocenters. The van der Waals surface area contributed by atoms with Crippen LogP contribution < -0.4 is 0 Å². The molecule has 0 unspecified atom stereocenters. The molecule has 0 aliphatic heterocycles. The van der Waals surface area contributed by atoms with Crippen LogP contribution in [0.1, 0.15) is 0 Å². The molecule has 49 heavy (non-hydrogen) atoms. The summed E-state index contributed by atoms with van der Waals surface area (Å²) in [6.07, 6.45) is 3.64. The first-order valence-electron chi connectivity index (χ1n) is 16.6. The molecule has 0 saturated carbocycles. The lowest BCUT2D eigenvalue weighted by molar-refractivity contribution is 1.08. The van der Waals surface area contributed by atoms with Crippen LogP contribution >= 0.6 is 0 Å². The fourth-order valence-corrected chi connectivity index (χ4v) is 7.26. The van der Waals surface area contributed by atoms with Crippen molar-refractivity contribution in [1.29, 1.82) is 0 Å². The Hall–Kier alpha value is -6.58. The van der Waals surface area contributed by atoms with Crippen molar-refractivity contribution in [3.05, 3.63) is 188 Å². The first-order valence-corrected chi connectivity index (χ1v) is 16.6. The van der Waals surface area contributed by atoms with Gasteiger partial charge in [-0.3, -0.25) is 9.55 Å². The zero-order chi connectivity index (χ0) is 32.6. The number of rotatable bonds is 6. The largest absolute Gasteiger partial charge is 0.293 e. The van der Waals surface area contributed by atoms with Crippen LogP contribution in [0.15, 0.2) is 188 Å². The van der Waals surface area contributed by atoms with E-state index in [-0.39, 0.29) is 0 Å². The van der Waals surface area contributed by atoms with E-state index in [1.54, 1.807) is 0 Å². The van der Waals surface area contributed by atoms with Crippen LogP contribution in [0, 0.1) is 0 Å². The Morgan fingerprint density at radius 1 is 0.367 bits per heavy atom. The molecular formula is C46H31N3. The fraction of sp³-hybridized carbons (Fsp3) is 0. The molecule has 6 aromatic carbocycles. The molecule has 0 N–H and O–H groups in total. The number of hydrogen-bond donors (Lipinski definition) is 0. The number of para-hydroxylation sites is 1. The summed E-state index contributed by atoms with van der Waals surface area (Å²) in [6.45, 7) is 0. The summed E-state index contributed by atoms with van der Waals surface area (Å²) in [5.74, 6) is 0.864. The maximum Gasteiger partial charge on any atom is 0.138 e. The van der Waals surface area contributed by atoms with Gasteiger partial charge < -0.3 is 0 Å². The molecule has 0 aliphatic carbocycles. The van der Waals surface area contributed by atoms with Crippen LogP contribution in [0.4, 0.5) is 0 Å². The first-order chi connectivity index (χ1) is 24.4. The molecule has 0 spiro atoms. The van der Waals surface area contributed by atoms with E-state index >= 15 is 0 Å². The highest BCUT2D eigenvalue weighted by atomic mass is 15.1. The van der Waals surface area contributed by atoms with Gasteiger partial charge in [0.2, 0.25) is 0 Å². The lowest BCUT2D eigenvalue weighted by Crippen LogP contribution is -2.02. The van der Waals surface area contributed by atoms with Crippen molar-refractivity contribution in [1.82, 2.24) is 14.5 Å². The average Bonchev–Trinajstić information content (AvgIpc) is 3.53. The molecule has 3 heteroatoms. The van der Waals surface area contributed by atoms with Gasteiger partial charge in [0, 0.05) is 45.4 Å². The molecule has 9 rings (SSSR count). The Bertz CT molecular complexity index is 2560. The van der Waals surface area contributed by atoms with Gasteiger partial charge in [0.15, 0.2) is 0 Å².